The van der Waals surface area contributed by atoms with Crippen LogP contribution in [0.2, 0.25) is 5.02 Å². The van der Waals surface area contributed by atoms with Crippen molar-refractivity contribution < 1.29 is 4.39 Å². The summed E-state index contributed by atoms with van der Waals surface area (Å²) in [6, 6.07) is 0. The van der Waals surface area contributed by atoms with Gasteiger partial charge in [0, 0.05) is 23.0 Å². The molecule has 2 aromatic rings. The number of nitrogens with two attached hydrogens (primary N) is 2. The van der Waals surface area contributed by atoms with Crippen molar-refractivity contribution in [1.29, 1.82) is 0 Å². The maximum absolute atomic E-state index is 13.7. The first-order valence-corrected chi connectivity index (χ1v) is 7.06. The van der Waals surface area contributed by atoms with E-state index in [0.29, 0.717) is 32.7 Å². The Morgan fingerprint density at radius 1 is 1.39 bits per heavy atom. The third kappa shape index (κ3) is 3.19. The van der Waals surface area contributed by atoms with E-state index in [1.54, 1.807) is 24.3 Å². The molecule has 2 heterocycles. The van der Waals surface area contributed by atoms with Crippen molar-refractivity contribution in [2.24, 2.45) is 11.5 Å². The molecule has 23 heavy (non-hydrogen) atoms. The molecule has 0 unspecified atom stereocenters. The number of H-pyrrole nitrogens is 1. The minimum absolute atomic E-state index is 0.0293. The molecule has 2 aromatic heterocycles. The van der Waals surface area contributed by atoms with Crippen LogP contribution >= 0.6 is 11.6 Å². The summed E-state index contributed by atoms with van der Waals surface area (Å²) in [4.78, 5) is 6.97. The van der Waals surface area contributed by atoms with Gasteiger partial charge in [-0.3, -0.25) is 0 Å². The number of pyridine rings is 1. The van der Waals surface area contributed by atoms with E-state index in [0.717, 1.165) is 6.20 Å². The summed E-state index contributed by atoms with van der Waals surface area (Å²) >= 11 is 6.08. The van der Waals surface area contributed by atoms with E-state index < -0.39 is 5.82 Å². The first kappa shape index (κ1) is 16.6. The molecule has 2 rings (SSSR count). The normalized spacial score (nSPS) is 14.1. The lowest BCUT2D eigenvalue weighted by Crippen LogP contribution is -2.24. The van der Waals surface area contributed by atoms with Gasteiger partial charge in [-0.25, -0.2) is 9.37 Å². The number of nitrogens with zero attached hydrogens (tertiary/aromatic N) is 1. The molecule has 0 radical (unpaired) electrons. The topological polar surface area (TPSA) is 80.7 Å². The smallest absolute Gasteiger partial charge is 0.160 e. The Labute approximate surface area is 137 Å². The fourth-order valence-electron chi connectivity index (χ4n) is 2.12. The third-order valence-electron chi connectivity index (χ3n) is 3.23. The molecule has 0 aliphatic heterocycles. The van der Waals surface area contributed by atoms with Gasteiger partial charge in [0.1, 0.15) is 5.65 Å². The second-order valence-corrected chi connectivity index (χ2v) is 5.03. The number of nitrogens with one attached hydrogen (secondary N) is 1. The predicted octanol–water partition coefficient (Wildman–Crippen LogP) is 1.97. The SMILES string of the molecule is C=C/C=C\C(=C/N)C(=C)/C=c1\c(=C/N)[nH]c2ncc(F)c(Cl)c12. The standard InChI is InChI=1S/C17H16ClFN4/c1-3-4-5-11(7-20)10(2)6-12-14(8-21)23-17-15(12)16(18)13(19)9-22-17/h3-9H,1-2,20-21H2,(H,22,23)/b5-4-,11-7+,12-6+,14-8+. The Bertz CT molecular complexity index is 951. The molecule has 6 heteroatoms. The van der Waals surface area contributed by atoms with E-state index in [2.05, 4.69) is 23.1 Å². The lowest BCUT2D eigenvalue weighted by Gasteiger charge is -2.00. The molecule has 0 saturated heterocycles. The zero-order chi connectivity index (χ0) is 17.0. The first-order valence-electron chi connectivity index (χ1n) is 6.69. The van der Waals surface area contributed by atoms with Gasteiger partial charge >= 0.3 is 0 Å². The molecule has 0 fully saturated rings. The number of hydrogen-bond donors (Lipinski definition) is 3. The van der Waals surface area contributed by atoms with Crippen molar-refractivity contribution in [3.63, 3.8) is 0 Å². The van der Waals surface area contributed by atoms with E-state index in [1.165, 1.54) is 12.4 Å². The van der Waals surface area contributed by atoms with Crippen LogP contribution in [-0.4, -0.2) is 9.97 Å². The van der Waals surface area contributed by atoms with Crippen LogP contribution in [0.4, 0.5) is 4.39 Å². The quantitative estimate of drug-likeness (QED) is 0.750. The number of aromatic amines is 1. The Morgan fingerprint density at radius 2 is 2.13 bits per heavy atom. The summed E-state index contributed by atoms with van der Waals surface area (Å²) in [7, 11) is 0. The van der Waals surface area contributed by atoms with Crippen molar-refractivity contribution in [2.45, 2.75) is 0 Å². The molecule has 0 amide bonds. The Hall–Kier alpha value is -2.79. The van der Waals surface area contributed by atoms with E-state index in [9.17, 15) is 4.39 Å². The van der Waals surface area contributed by atoms with Gasteiger partial charge in [0.15, 0.2) is 5.82 Å². The largest absolute Gasteiger partial charge is 0.404 e. The monoisotopic (exact) mass is 330 g/mol. The van der Waals surface area contributed by atoms with Crippen LogP contribution in [0, 0.1) is 5.82 Å². The van der Waals surface area contributed by atoms with Crippen LogP contribution in [0.5, 0.6) is 0 Å². The Kier molecular flexibility index (Phi) is 5.03. The average Bonchev–Trinajstić information content (AvgIpc) is 2.90. The van der Waals surface area contributed by atoms with Gasteiger partial charge in [0.05, 0.1) is 16.6 Å². The molecule has 0 aliphatic rings. The van der Waals surface area contributed by atoms with Gasteiger partial charge in [0.25, 0.3) is 0 Å². The van der Waals surface area contributed by atoms with Crippen molar-refractivity contribution in [3.05, 3.63) is 76.3 Å². The minimum atomic E-state index is -0.608. The molecule has 5 N–H and O–H groups in total. The summed E-state index contributed by atoms with van der Waals surface area (Å²) < 4.78 is 13.7. The highest BCUT2D eigenvalue weighted by Crippen LogP contribution is 2.20. The van der Waals surface area contributed by atoms with E-state index in [1.807, 2.05) is 0 Å². The molecule has 0 aliphatic carbocycles. The van der Waals surface area contributed by atoms with Crippen LogP contribution < -0.4 is 22.0 Å². The summed E-state index contributed by atoms with van der Waals surface area (Å²) in [6.07, 6.45) is 10.7. The lowest BCUT2D eigenvalue weighted by atomic mass is 10.1. The van der Waals surface area contributed by atoms with Crippen LogP contribution in [-0.2, 0) is 0 Å². The van der Waals surface area contributed by atoms with Gasteiger partial charge in [-0.1, -0.05) is 43.0 Å². The molecule has 0 aromatic carbocycles. The highest BCUT2D eigenvalue weighted by molar-refractivity contribution is 6.35. The second-order valence-electron chi connectivity index (χ2n) is 4.65. The molecule has 0 saturated carbocycles. The van der Waals surface area contributed by atoms with Gasteiger partial charge < -0.3 is 16.5 Å². The number of hydrogen-bond acceptors (Lipinski definition) is 3. The first-order chi connectivity index (χ1) is 11.0. The van der Waals surface area contributed by atoms with Crippen LogP contribution in [0.15, 0.2) is 54.9 Å². The van der Waals surface area contributed by atoms with E-state index in [-0.39, 0.29) is 5.02 Å². The van der Waals surface area contributed by atoms with Crippen LogP contribution in [0.3, 0.4) is 0 Å². The minimum Gasteiger partial charge on any atom is -0.404 e. The van der Waals surface area contributed by atoms with Gasteiger partial charge in [0.2, 0.25) is 0 Å². The molecule has 0 spiro atoms. The van der Waals surface area contributed by atoms with Crippen molar-refractivity contribution >= 4 is 34.9 Å². The highest BCUT2D eigenvalue weighted by atomic mass is 35.5. The second kappa shape index (κ2) is 6.98. The van der Waals surface area contributed by atoms with E-state index in [4.69, 9.17) is 23.1 Å². The fraction of sp³-hybridized carbons (Fsp3) is 0. The lowest BCUT2D eigenvalue weighted by molar-refractivity contribution is 0.624. The maximum Gasteiger partial charge on any atom is 0.160 e. The van der Waals surface area contributed by atoms with Crippen molar-refractivity contribution in [1.82, 2.24) is 9.97 Å². The maximum atomic E-state index is 13.7. The summed E-state index contributed by atoms with van der Waals surface area (Å²) in [6.45, 7) is 7.58. The Morgan fingerprint density at radius 3 is 2.74 bits per heavy atom. The number of fused-ring (bicyclic) bond motifs is 1. The zero-order valence-corrected chi connectivity index (χ0v) is 13.1. The van der Waals surface area contributed by atoms with Crippen LogP contribution in [0.25, 0.3) is 23.3 Å². The predicted molar refractivity (Wildman–Crippen MR) is 94.2 cm³/mol. The molecule has 0 atom stereocenters. The highest BCUT2D eigenvalue weighted by Gasteiger charge is 2.11. The fourth-order valence-corrected chi connectivity index (χ4v) is 2.36. The molecule has 118 valence electrons. The zero-order valence-electron chi connectivity index (χ0n) is 12.3. The summed E-state index contributed by atoms with van der Waals surface area (Å²) in [5, 5.41) is 1.56. The average molecular weight is 331 g/mol. The number of halogens is 2. The number of rotatable bonds is 4. The number of allylic oxidation sites excluding steroid dienone is 5. The Balaban J connectivity index is 2.76. The van der Waals surface area contributed by atoms with Gasteiger partial charge in [-0.15, -0.1) is 0 Å². The molecule has 0 bridgehead atoms. The summed E-state index contributed by atoms with van der Waals surface area (Å²) in [5.74, 6) is -0.608. The van der Waals surface area contributed by atoms with Gasteiger partial charge in [-0.2, -0.15) is 0 Å². The number of aromatic nitrogens is 2. The molecular weight excluding hydrogens is 315 g/mol. The molecule has 4 nitrogen and oxygen atoms in total. The summed E-state index contributed by atoms with van der Waals surface area (Å²) in [5.41, 5.74) is 13.0. The van der Waals surface area contributed by atoms with Crippen LogP contribution in [0.1, 0.15) is 0 Å². The molecular formula is C17H16ClFN4. The van der Waals surface area contributed by atoms with Crippen molar-refractivity contribution in [3.8, 4) is 0 Å². The van der Waals surface area contributed by atoms with E-state index >= 15 is 0 Å². The van der Waals surface area contributed by atoms with Crippen molar-refractivity contribution in [2.75, 3.05) is 0 Å². The van der Waals surface area contributed by atoms with Gasteiger partial charge in [-0.05, 0) is 17.2 Å². The third-order valence-corrected chi connectivity index (χ3v) is 3.60.